The monoisotopic (exact) mass is 1120 g/mol. The van der Waals surface area contributed by atoms with Crippen LogP contribution in [0, 0.1) is 34.6 Å². The number of rotatable bonds is 13. The van der Waals surface area contributed by atoms with Crippen LogP contribution in [0.3, 0.4) is 0 Å². The number of aryl methyl sites for hydroxylation is 5. The molecule has 0 saturated carbocycles. The molecule has 87 heavy (non-hydrogen) atoms. The van der Waals surface area contributed by atoms with Gasteiger partial charge in [-0.25, -0.2) is 0 Å². The van der Waals surface area contributed by atoms with Gasteiger partial charge in [-0.1, -0.05) is 143 Å². The highest BCUT2D eigenvalue weighted by Crippen LogP contribution is 2.46. The molecular formula is C81H62N4O2. The number of benzene rings is 13. The van der Waals surface area contributed by atoms with Crippen LogP contribution in [0.25, 0.3) is 65.8 Å². The first-order chi connectivity index (χ1) is 42.6. The second kappa shape index (κ2) is 21.8. The summed E-state index contributed by atoms with van der Waals surface area (Å²) < 4.78 is 13.3. The number of furan rings is 2. The average molecular weight is 1120 g/mol. The molecule has 2 aromatic heterocycles. The number of fused-ring (bicyclic) bond motifs is 7. The van der Waals surface area contributed by atoms with E-state index in [2.05, 4.69) is 339 Å². The van der Waals surface area contributed by atoms with Gasteiger partial charge in [0.25, 0.3) is 0 Å². The third kappa shape index (κ3) is 10.1. The maximum Gasteiger partial charge on any atom is 0.135 e. The van der Waals surface area contributed by atoms with Crippen molar-refractivity contribution < 1.29 is 8.83 Å². The first-order valence-electron chi connectivity index (χ1n) is 29.8. The van der Waals surface area contributed by atoms with Gasteiger partial charge in [0.2, 0.25) is 0 Å². The van der Waals surface area contributed by atoms with Gasteiger partial charge in [0.15, 0.2) is 0 Å². The summed E-state index contributed by atoms with van der Waals surface area (Å²) in [6.07, 6.45) is 0. The molecule has 2 heterocycles. The summed E-state index contributed by atoms with van der Waals surface area (Å²) in [5.74, 6) is 0. The molecule has 0 aliphatic carbocycles. The summed E-state index contributed by atoms with van der Waals surface area (Å²) in [7, 11) is 0. The lowest BCUT2D eigenvalue weighted by molar-refractivity contribution is 0.668. The van der Waals surface area contributed by atoms with Crippen LogP contribution in [0.5, 0.6) is 0 Å². The van der Waals surface area contributed by atoms with Crippen LogP contribution < -0.4 is 19.6 Å². The van der Waals surface area contributed by atoms with Crippen molar-refractivity contribution in [2.75, 3.05) is 19.6 Å². The topological polar surface area (TPSA) is 39.2 Å². The number of anilines is 12. The fraction of sp³-hybridized carbons (Fsp3) is 0.0617. The van der Waals surface area contributed by atoms with Crippen LogP contribution in [-0.4, -0.2) is 0 Å². The van der Waals surface area contributed by atoms with Crippen LogP contribution in [0.2, 0.25) is 0 Å². The predicted octanol–water partition coefficient (Wildman–Crippen LogP) is 23.7. The Kier molecular flexibility index (Phi) is 13.2. The predicted molar refractivity (Wildman–Crippen MR) is 366 cm³/mol. The Bertz CT molecular complexity index is 4960. The molecule has 15 rings (SSSR count). The molecule has 0 spiro atoms. The summed E-state index contributed by atoms with van der Waals surface area (Å²) in [5, 5.41) is 6.52. The van der Waals surface area contributed by atoms with E-state index >= 15 is 0 Å². The maximum absolute atomic E-state index is 6.68. The van der Waals surface area contributed by atoms with E-state index in [4.69, 9.17) is 8.83 Å². The highest BCUT2D eigenvalue weighted by molar-refractivity contribution is 6.10. The van der Waals surface area contributed by atoms with E-state index in [1.165, 1.54) is 38.6 Å². The Morgan fingerprint density at radius 2 is 0.414 bits per heavy atom. The lowest BCUT2D eigenvalue weighted by atomic mass is 10.0. The van der Waals surface area contributed by atoms with Gasteiger partial charge < -0.3 is 28.4 Å². The Hall–Kier alpha value is -11.1. The zero-order valence-corrected chi connectivity index (χ0v) is 49.2. The molecular weight excluding hydrogens is 1060 g/mol. The van der Waals surface area contributed by atoms with Gasteiger partial charge in [-0.15, -0.1) is 0 Å². The van der Waals surface area contributed by atoms with Crippen LogP contribution >= 0.6 is 0 Å². The van der Waals surface area contributed by atoms with Gasteiger partial charge in [-0.3, -0.25) is 0 Å². The molecule has 0 N–H and O–H groups in total. The molecule has 13 aromatic carbocycles. The number of hydrogen-bond donors (Lipinski definition) is 0. The van der Waals surface area contributed by atoms with E-state index < -0.39 is 0 Å². The zero-order chi connectivity index (χ0) is 58.7. The Morgan fingerprint density at radius 3 is 0.713 bits per heavy atom. The van der Waals surface area contributed by atoms with Gasteiger partial charge in [0.1, 0.15) is 22.3 Å². The third-order valence-corrected chi connectivity index (χ3v) is 16.9. The lowest BCUT2D eigenvalue weighted by Gasteiger charge is -2.26. The maximum atomic E-state index is 6.68. The Morgan fingerprint density at radius 1 is 0.195 bits per heavy atom. The molecule has 418 valence electrons. The summed E-state index contributed by atoms with van der Waals surface area (Å²) >= 11 is 0. The summed E-state index contributed by atoms with van der Waals surface area (Å²) in [6, 6.07) is 103. The fourth-order valence-corrected chi connectivity index (χ4v) is 12.2. The van der Waals surface area contributed by atoms with E-state index in [-0.39, 0.29) is 0 Å². The highest BCUT2D eigenvalue weighted by Gasteiger charge is 2.22. The first kappa shape index (κ1) is 52.7. The second-order valence-corrected chi connectivity index (χ2v) is 23.1. The second-order valence-electron chi connectivity index (χ2n) is 23.1. The number of nitrogens with zero attached hydrogens (tertiary/aromatic N) is 4. The summed E-state index contributed by atoms with van der Waals surface area (Å²) in [4.78, 5) is 9.34. The van der Waals surface area contributed by atoms with Crippen molar-refractivity contribution >= 4 is 123 Å². The van der Waals surface area contributed by atoms with E-state index in [1.54, 1.807) is 0 Å². The van der Waals surface area contributed by atoms with Crippen LogP contribution in [0.15, 0.2) is 294 Å². The lowest BCUT2D eigenvalue weighted by Crippen LogP contribution is -2.10. The van der Waals surface area contributed by atoms with Crippen molar-refractivity contribution in [2.45, 2.75) is 34.6 Å². The van der Waals surface area contributed by atoms with E-state index in [0.717, 1.165) is 123 Å². The van der Waals surface area contributed by atoms with Gasteiger partial charge in [-0.05, 0) is 226 Å². The van der Waals surface area contributed by atoms with Gasteiger partial charge >= 0.3 is 0 Å². The van der Waals surface area contributed by atoms with E-state index in [9.17, 15) is 0 Å². The molecule has 15 aromatic rings. The van der Waals surface area contributed by atoms with Crippen molar-refractivity contribution in [1.82, 2.24) is 0 Å². The van der Waals surface area contributed by atoms with Crippen LogP contribution in [-0.2, 0) is 0 Å². The summed E-state index contributed by atoms with van der Waals surface area (Å²) in [6.45, 7) is 10.7. The molecule has 6 nitrogen and oxygen atoms in total. The molecule has 0 fully saturated rings. The quantitative estimate of drug-likeness (QED) is 0.115. The van der Waals surface area contributed by atoms with Crippen LogP contribution in [0.4, 0.5) is 68.2 Å². The SMILES string of the molecule is Cc1ccc(N(c2ccc(C)cc2)c2ccc(-c3ccc(N(c4ccc(C)cc4)c4ccc5oc6ccc(N(c7ccc(C)cc7)c7ccc8oc9ccc(N(c%10ccc(C)cc%10)c%10ccc%11ccccc%11c%10)cc9c8c7)cc6c5c4)cc3)cc2)cc1. The molecule has 0 aliphatic rings. The molecule has 0 unspecified atom stereocenters. The zero-order valence-electron chi connectivity index (χ0n) is 49.2. The van der Waals surface area contributed by atoms with Crippen molar-refractivity contribution in [2.24, 2.45) is 0 Å². The molecule has 0 aliphatic heterocycles. The first-order valence-corrected chi connectivity index (χ1v) is 29.8. The van der Waals surface area contributed by atoms with Crippen molar-refractivity contribution in [3.8, 4) is 11.1 Å². The Balaban J connectivity index is 0.793. The number of hydrogen-bond acceptors (Lipinski definition) is 6. The highest BCUT2D eigenvalue weighted by atomic mass is 16.3. The Labute approximate surface area is 507 Å². The standard InChI is InChI=1S/C81H62N4O2/c1-53-10-25-62(26-11-53)82(63-27-12-54(2)13-28-63)67-35-20-59(21-36-67)60-22-37-68(38-23-60)83(64-29-14-55(3)15-30-64)70-40-44-78-74(49-70)76-51-72(42-46-80(76)86-78)85(66-33-18-57(5)19-34-66)73-43-47-81-77(52-73)75-50-71(41-45-79(75)87-81)84(65-31-16-56(4)17-32-65)69-39-24-58-8-6-7-9-61(58)48-69/h6-52H,1-5H3. The summed E-state index contributed by atoms with van der Waals surface area (Å²) in [5.41, 5.74) is 24.4. The van der Waals surface area contributed by atoms with Gasteiger partial charge in [0.05, 0.1) is 0 Å². The molecule has 0 atom stereocenters. The van der Waals surface area contributed by atoms with Crippen molar-refractivity contribution in [3.05, 3.63) is 313 Å². The van der Waals surface area contributed by atoms with Crippen molar-refractivity contribution in [3.63, 3.8) is 0 Å². The third-order valence-electron chi connectivity index (χ3n) is 16.9. The van der Waals surface area contributed by atoms with Crippen molar-refractivity contribution in [1.29, 1.82) is 0 Å². The van der Waals surface area contributed by atoms with Crippen LogP contribution in [0.1, 0.15) is 27.8 Å². The van der Waals surface area contributed by atoms with E-state index in [0.29, 0.717) is 0 Å². The largest absolute Gasteiger partial charge is 0.456 e. The molecule has 0 bridgehead atoms. The molecule has 0 amide bonds. The van der Waals surface area contributed by atoms with E-state index in [1.807, 2.05) is 0 Å². The molecule has 6 heteroatoms. The molecule has 0 radical (unpaired) electrons. The minimum atomic E-state index is 0.821. The van der Waals surface area contributed by atoms with Gasteiger partial charge in [0, 0.05) is 89.8 Å². The smallest absolute Gasteiger partial charge is 0.135 e. The average Bonchev–Trinajstić information content (AvgIpc) is 3.27. The normalized spacial score (nSPS) is 11.5. The fourth-order valence-electron chi connectivity index (χ4n) is 12.2. The minimum absolute atomic E-state index is 0.821. The molecule has 0 saturated heterocycles. The van der Waals surface area contributed by atoms with Gasteiger partial charge in [-0.2, -0.15) is 0 Å². The minimum Gasteiger partial charge on any atom is -0.456 e.